The van der Waals surface area contributed by atoms with Gasteiger partial charge in [0.2, 0.25) is 0 Å². The van der Waals surface area contributed by atoms with Crippen molar-refractivity contribution in [3.63, 3.8) is 0 Å². The van der Waals surface area contributed by atoms with Crippen LogP contribution in [0.3, 0.4) is 0 Å². The van der Waals surface area contributed by atoms with Gasteiger partial charge in [-0.1, -0.05) is 24.0 Å². The van der Waals surface area contributed by atoms with Crippen LogP contribution in [0, 0.1) is 11.8 Å². The lowest BCUT2D eigenvalue weighted by molar-refractivity contribution is -0.143. The zero-order valence-electron chi connectivity index (χ0n) is 20.8. The number of hydrogen-bond donors (Lipinski definition) is 1. The Labute approximate surface area is 220 Å². The van der Waals surface area contributed by atoms with Crippen LogP contribution >= 0.6 is 0 Å². The molecular weight excluding hydrogens is 478 g/mol. The van der Waals surface area contributed by atoms with Crippen LogP contribution in [0.5, 0.6) is 0 Å². The molecule has 3 heterocycles. The summed E-state index contributed by atoms with van der Waals surface area (Å²) in [6.07, 6.45) is 5.42. The van der Waals surface area contributed by atoms with Crippen molar-refractivity contribution in [2.24, 2.45) is 0 Å². The van der Waals surface area contributed by atoms with Gasteiger partial charge < -0.3 is 10.0 Å². The van der Waals surface area contributed by atoms with E-state index in [1.54, 1.807) is 48.8 Å². The number of aliphatic carboxylic acids is 1. The normalized spacial score (nSPS) is 15.0. The molecule has 1 unspecified atom stereocenters. The van der Waals surface area contributed by atoms with E-state index in [1.165, 1.54) is 11.8 Å². The first-order valence-corrected chi connectivity index (χ1v) is 12.4. The van der Waals surface area contributed by atoms with Gasteiger partial charge in [-0.3, -0.25) is 14.6 Å². The highest BCUT2D eigenvalue weighted by Crippen LogP contribution is 2.25. The van der Waals surface area contributed by atoms with Gasteiger partial charge in [0.1, 0.15) is 6.04 Å². The van der Waals surface area contributed by atoms with E-state index in [-0.39, 0.29) is 11.7 Å². The van der Waals surface area contributed by atoms with E-state index in [4.69, 9.17) is 4.98 Å². The Morgan fingerprint density at radius 2 is 1.63 bits per heavy atom. The van der Waals surface area contributed by atoms with Gasteiger partial charge in [0.05, 0.1) is 11.2 Å². The topological polar surface area (TPSA) is 100 Å². The molecule has 1 aliphatic rings. The van der Waals surface area contributed by atoms with Crippen molar-refractivity contribution in [3.8, 4) is 23.1 Å². The average Bonchev–Trinajstić information content (AvgIpc) is 2.95. The highest BCUT2D eigenvalue weighted by atomic mass is 16.4. The second kappa shape index (κ2) is 10.7. The summed E-state index contributed by atoms with van der Waals surface area (Å²) < 4.78 is 0. The summed E-state index contributed by atoms with van der Waals surface area (Å²) in [5.74, 6) is 4.97. The number of carbonyl (C=O) groups excluding carboxylic acids is 2. The van der Waals surface area contributed by atoms with E-state index in [0.29, 0.717) is 35.3 Å². The van der Waals surface area contributed by atoms with Crippen molar-refractivity contribution >= 4 is 28.6 Å². The van der Waals surface area contributed by atoms with Gasteiger partial charge >= 0.3 is 5.97 Å². The molecule has 5 rings (SSSR count). The number of fused-ring (bicyclic) bond motifs is 1. The van der Waals surface area contributed by atoms with Gasteiger partial charge in [0, 0.05) is 52.1 Å². The Bertz CT molecular complexity index is 1600. The number of rotatable bonds is 4. The van der Waals surface area contributed by atoms with E-state index >= 15 is 0 Å². The maximum Gasteiger partial charge on any atom is 0.326 e. The Morgan fingerprint density at radius 3 is 2.29 bits per heavy atom. The van der Waals surface area contributed by atoms with Crippen LogP contribution in [0.25, 0.3) is 22.2 Å². The molecule has 7 heteroatoms. The van der Waals surface area contributed by atoms with Gasteiger partial charge in [-0.15, -0.1) is 0 Å². The molecule has 38 heavy (non-hydrogen) atoms. The summed E-state index contributed by atoms with van der Waals surface area (Å²) in [5, 5.41) is 10.2. The van der Waals surface area contributed by atoms with Crippen LogP contribution in [0.2, 0.25) is 0 Å². The summed E-state index contributed by atoms with van der Waals surface area (Å²) >= 11 is 0. The summed E-state index contributed by atoms with van der Waals surface area (Å²) in [6, 6.07) is 17.4. The van der Waals surface area contributed by atoms with Crippen LogP contribution in [-0.2, 0) is 4.79 Å². The van der Waals surface area contributed by atoms with Gasteiger partial charge in [0.25, 0.3) is 5.91 Å². The molecule has 0 bridgehead atoms. The number of carboxylic acids is 1. The molecule has 1 amide bonds. The number of benzene rings is 2. The number of Topliss-reactive ketones (excluding diaryl/α,β-unsaturated/α-hetero) is 1. The van der Waals surface area contributed by atoms with Gasteiger partial charge in [0.15, 0.2) is 5.78 Å². The van der Waals surface area contributed by atoms with Crippen molar-refractivity contribution in [2.45, 2.75) is 32.2 Å². The second-order valence-electron chi connectivity index (χ2n) is 9.26. The predicted octanol–water partition coefficient (Wildman–Crippen LogP) is 4.98. The summed E-state index contributed by atoms with van der Waals surface area (Å²) in [7, 11) is 0. The number of nitrogens with zero attached hydrogens (tertiary/aromatic N) is 3. The zero-order valence-corrected chi connectivity index (χ0v) is 20.8. The van der Waals surface area contributed by atoms with E-state index in [9.17, 15) is 19.5 Å². The smallest absolute Gasteiger partial charge is 0.326 e. The number of piperidine rings is 1. The number of aromatic nitrogens is 2. The molecule has 2 aromatic carbocycles. The van der Waals surface area contributed by atoms with E-state index in [0.717, 1.165) is 34.9 Å². The fourth-order valence-electron chi connectivity index (χ4n) is 4.67. The number of likely N-dealkylation sites (tertiary alicyclic amines) is 1. The summed E-state index contributed by atoms with van der Waals surface area (Å²) in [5.41, 5.74) is 4.88. The predicted molar refractivity (Wildman–Crippen MR) is 144 cm³/mol. The average molecular weight is 504 g/mol. The molecule has 1 fully saturated rings. The summed E-state index contributed by atoms with van der Waals surface area (Å²) in [6.45, 7) is 1.99. The number of pyridine rings is 2. The van der Waals surface area contributed by atoms with Crippen molar-refractivity contribution in [1.29, 1.82) is 0 Å². The second-order valence-corrected chi connectivity index (χ2v) is 9.26. The lowest BCUT2D eigenvalue weighted by Gasteiger charge is -2.33. The van der Waals surface area contributed by atoms with Crippen molar-refractivity contribution in [3.05, 3.63) is 95.3 Å². The van der Waals surface area contributed by atoms with Crippen LogP contribution in [-0.4, -0.2) is 50.2 Å². The van der Waals surface area contributed by atoms with Crippen LogP contribution in [0.4, 0.5) is 0 Å². The van der Waals surface area contributed by atoms with E-state index < -0.39 is 12.0 Å². The molecule has 1 saturated heterocycles. The van der Waals surface area contributed by atoms with Gasteiger partial charge in [-0.25, -0.2) is 9.78 Å². The lowest BCUT2D eigenvalue weighted by atomic mass is 10.0. The van der Waals surface area contributed by atoms with Crippen molar-refractivity contribution in [1.82, 2.24) is 14.9 Å². The highest BCUT2D eigenvalue weighted by Gasteiger charge is 2.32. The number of carbonyl (C=O) groups is 3. The maximum absolute atomic E-state index is 12.9. The van der Waals surface area contributed by atoms with Crippen LogP contribution in [0.1, 0.15) is 58.0 Å². The molecule has 1 N–H and O–H groups in total. The minimum atomic E-state index is -0.959. The molecule has 0 radical (unpaired) electrons. The Hall–Kier alpha value is -4.83. The molecule has 0 saturated carbocycles. The number of amides is 1. The number of ketones is 1. The number of hydrogen-bond acceptors (Lipinski definition) is 5. The lowest BCUT2D eigenvalue weighted by Crippen LogP contribution is -2.47. The third-order valence-electron chi connectivity index (χ3n) is 6.70. The molecule has 0 aliphatic carbocycles. The minimum Gasteiger partial charge on any atom is -0.480 e. The minimum absolute atomic E-state index is 0.0421. The SMILES string of the molecule is CC(=O)c1cc(-c2ccc(C#Cc3ccc(C(=O)N4CCCCC4C(=O)O)cc3)cc2)nc2ccncc12. The Morgan fingerprint density at radius 1 is 0.947 bits per heavy atom. The quantitative estimate of drug-likeness (QED) is 0.311. The number of carboxylic acid groups (broad SMARTS) is 1. The molecule has 1 atom stereocenters. The monoisotopic (exact) mass is 503 g/mol. The zero-order chi connectivity index (χ0) is 26.6. The fraction of sp³-hybridized carbons (Fsp3) is 0.194. The third kappa shape index (κ3) is 5.16. The fourth-order valence-corrected chi connectivity index (χ4v) is 4.67. The van der Waals surface area contributed by atoms with Crippen molar-refractivity contribution in [2.75, 3.05) is 6.54 Å². The Kier molecular flexibility index (Phi) is 6.96. The highest BCUT2D eigenvalue weighted by molar-refractivity contribution is 6.06. The molecule has 188 valence electrons. The van der Waals surface area contributed by atoms with Crippen LogP contribution in [0.15, 0.2) is 73.1 Å². The molecular formula is C31H25N3O4. The molecule has 0 spiro atoms. The molecule has 4 aromatic rings. The third-order valence-corrected chi connectivity index (χ3v) is 6.70. The van der Waals surface area contributed by atoms with Gasteiger partial charge in [-0.05, 0) is 74.7 Å². The van der Waals surface area contributed by atoms with Gasteiger partial charge in [-0.2, -0.15) is 0 Å². The molecule has 2 aromatic heterocycles. The molecule has 1 aliphatic heterocycles. The van der Waals surface area contributed by atoms with Crippen molar-refractivity contribution < 1.29 is 19.5 Å². The first-order chi connectivity index (χ1) is 18.4. The standard InChI is InChI=1S/C31H25N3O4/c1-20(35)25-18-28(33-27-15-16-32-19-26(25)27)23-11-7-21(8-12-23)5-6-22-9-13-24(14-10-22)30(36)34-17-3-2-4-29(34)31(37)38/h7-16,18-19,29H,2-4,17H2,1H3,(H,37,38). The van der Waals surface area contributed by atoms with E-state index in [1.807, 2.05) is 24.3 Å². The van der Waals surface area contributed by atoms with Crippen LogP contribution < -0.4 is 0 Å². The molecule has 7 nitrogen and oxygen atoms in total. The Balaban J connectivity index is 1.32. The first-order valence-electron chi connectivity index (χ1n) is 12.4. The van der Waals surface area contributed by atoms with E-state index in [2.05, 4.69) is 16.8 Å². The summed E-state index contributed by atoms with van der Waals surface area (Å²) in [4.78, 5) is 46.9. The largest absolute Gasteiger partial charge is 0.480 e. The first kappa shape index (κ1) is 24.8. The maximum atomic E-state index is 12.9.